The molecule has 1 amide bonds. The normalized spacial score (nSPS) is 10.9. The van der Waals surface area contributed by atoms with E-state index in [1.165, 1.54) is 0 Å². The highest BCUT2D eigenvalue weighted by atomic mass is 16.3. The van der Waals surface area contributed by atoms with Crippen molar-refractivity contribution in [2.24, 2.45) is 5.73 Å². The van der Waals surface area contributed by atoms with Crippen molar-refractivity contribution in [2.75, 3.05) is 13.1 Å². The first-order valence-corrected chi connectivity index (χ1v) is 6.20. The number of carbonyl (C=O) groups is 1. The van der Waals surface area contributed by atoms with Crippen molar-refractivity contribution in [3.63, 3.8) is 0 Å². The molecule has 1 rings (SSSR count). The third kappa shape index (κ3) is 3.09. The molecule has 4 heteroatoms. The van der Waals surface area contributed by atoms with Crippen molar-refractivity contribution >= 4 is 5.91 Å². The van der Waals surface area contributed by atoms with Gasteiger partial charge in [-0.05, 0) is 25.8 Å². The molecule has 0 aliphatic rings. The minimum absolute atomic E-state index is 0.0235. The average molecular weight is 238 g/mol. The summed E-state index contributed by atoms with van der Waals surface area (Å²) < 4.78 is 5.18. The molecule has 4 nitrogen and oxygen atoms in total. The zero-order valence-corrected chi connectivity index (χ0v) is 10.9. The van der Waals surface area contributed by atoms with E-state index in [0.717, 1.165) is 12.8 Å². The van der Waals surface area contributed by atoms with Crippen LogP contribution in [0.25, 0.3) is 0 Å². The lowest BCUT2D eigenvalue weighted by molar-refractivity contribution is 0.0672. The maximum absolute atomic E-state index is 12.4. The monoisotopic (exact) mass is 238 g/mol. The van der Waals surface area contributed by atoms with Gasteiger partial charge in [-0.2, -0.15) is 0 Å². The third-order valence-corrected chi connectivity index (χ3v) is 3.10. The van der Waals surface area contributed by atoms with Gasteiger partial charge >= 0.3 is 0 Å². The Kier molecular flexibility index (Phi) is 5.22. The van der Waals surface area contributed by atoms with Gasteiger partial charge in [-0.25, -0.2) is 0 Å². The molecule has 0 unspecified atom stereocenters. The summed E-state index contributed by atoms with van der Waals surface area (Å²) >= 11 is 0. The number of carbonyl (C=O) groups excluding carboxylic acids is 1. The molecule has 1 aromatic heterocycles. The molecule has 0 atom stereocenters. The average Bonchev–Trinajstić information content (AvgIpc) is 2.75. The summed E-state index contributed by atoms with van der Waals surface area (Å²) in [5.41, 5.74) is 6.23. The number of furan rings is 1. The number of hydrogen-bond acceptors (Lipinski definition) is 3. The summed E-state index contributed by atoms with van der Waals surface area (Å²) in [6.07, 6.45) is 3.44. The molecule has 0 spiro atoms. The Morgan fingerprint density at radius 1 is 1.47 bits per heavy atom. The first kappa shape index (κ1) is 13.8. The molecule has 1 aromatic rings. The zero-order chi connectivity index (χ0) is 12.8. The van der Waals surface area contributed by atoms with Crippen LogP contribution in [-0.2, 0) is 0 Å². The minimum atomic E-state index is 0.0235. The molecule has 1 heterocycles. The molecule has 0 aliphatic heterocycles. The Bertz CT molecular complexity index is 356. The van der Waals surface area contributed by atoms with E-state index in [1.807, 2.05) is 4.90 Å². The van der Waals surface area contributed by atoms with Gasteiger partial charge in [-0.1, -0.05) is 13.8 Å². The Labute approximate surface area is 103 Å². The smallest absolute Gasteiger partial charge is 0.257 e. The molecule has 0 saturated heterocycles. The summed E-state index contributed by atoms with van der Waals surface area (Å²) in [5.74, 6) is 0.693. The molecular weight excluding hydrogens is 216 g/mol. The van der Waals surface area contributed by atoms with Crippen molar-refractivity contribution in [1.29, 1.82) is 0 Å². The van der Waals surface area contributed by atoms with Crippen LogP contribution in [-0.4, -0.2) is 29.9 Å². The summed E-state index contributed by atoms with van der Waals surface area (Å²) in [4.78, 5) is 14.2. The van der Waals surface area contributed by atoms with Crippen LogP contribution in [0.4, 0.5) is 0 Å². The molecule has 0 radical (unpaired) electrons. The van der Waals surface area contributed by atoms with Crippen molar-refractivity contribution < 1.29 is 9.21 Å². The van der Waals surface area contributed by atoms with Gasteiger partial charge < -0.3 is 15.1 Å². The summed E-state index contributed by atoms with van der Waals surface area (Å²) in [6, 6.07) is 1.98. The Balaban J connectivity index is 2.91. The molecule has 0 aromatic carbocycles. The number of nitrogens with two attached hydrogens (primary N) is 1. The van der Waals surface area contributed by atoms with Gasteiger partial charge in [0.25, 0.3) is 5.91 Å². The van der Waals surface area contributed by atoms with Crippen molar-refractivity contribution in [2.45, 2.75) is 39.7 Å². The summed E-state index contributed by atoms with van der Waals surface area (Å²) in [7, 11) is 0. The van der Waals surface area contributed by atoms with Gasteiger partial charge in [0.1, 0.15) is 5.76 Å². The number of hydrogen-bond donors (Lipinski definition) is 1. The molecule has 0 aliphatic carbocycles. The second kappa shape index (κ2) is 6.45. The van der Waals surface area contributed by atoms with E-state index in [2.05, 4.69) is 13.8 Å². The maximum atomic E-state index is 12.4. The lowest BCUT2D eigenvalue weighted by Gasteiger charge is -2.30. The van der Waals surface area contributed by atoms with E-state index in [-0.39, 0.29) is 11.9 Å². The predicted molar refractivity (Wildman–Crippen MR) is 67.9 cm³/mol. The van der Waals surface area contributed by atoms with Crippen LogP contribution in [0, 0.1) is 6.92 Å². The predicted octanol–water partition coefficient (Wildman–Crippen LogP) is 2.18. The molecule has 0 fully saturated rings. The topological polar surface area (TPSA) is 59.5 Å². The number of rotatable bonds is 6. The van der Waals surface area contributed by atoms with E-state index >= 15 is 0 Å². The first-order valence-electron chi connectivity index (χ1n) is 6.20. The zero-order valence-electron chi connectivity index (χ0n) is 10.9. The van der Waals surface area contributed by atoms with Gasteiger partial charge in [-0.3, -0.25) is 4.79 Å². The van der Waals surface area contributed by atoms with Gasteiger partial charge in [0.15, 0.2) is 0 Å². The fourth-order valence-corrected chi connectivity index (χ4v) is 2.08. The number of amides is 1. The van der Waals surface area contributed by atoms with Crippen LogP contribution in [0.15, 0.2) is 16.7 Å². The van der Waals surface area contributed by atoms with Crippen molar-refractivity contribution in [3.8, 4) is 0 Å². The second-order valence-corrected chi connectivity index (χ2v) is 4.15. The maximum Gasteiger partial charge on any atom is 0.257 e. The SMILES string of the molecule is CCC(CC)N(CCN)C(=O)c1ccoc1C. The lowest BCUT2D eigenvalue weighted by atomic mass is 10.1. The fraction of sp³-hybridized carbons (Fsp3) is 0.615. The number of nitrogens with zero attached hydrogens (tertiary/aromatic N) is 1. The van der Waals surface area contributed by atoms with Crippen LogP contribution in [0.5, 0.6) is 0 Å². The van der Waals surface area contributed by atoms with E-state index in [1.54, 1.807) is 19.3 Å². The molecule has 2 N–H and O–H groups in total. The van der Waals surface area contributed by atoms with E-state index < -0.39 is 0 Å². The quantitative estimate of drug-likeness (QED) is 0.826. The minimum Gasteiger partial charge on any atom is -0.469 e. The second-order valence-electron chi connectivity index (χ2n) is 4.15. The Morgan fingerprint density at radius 3 is 2.53 bits per heavy atom. The van der Waals surface area contributed by atoms with E-state index in [4.69, 9.17) is 10.2 Å². The summed E-state index contributed by atoms with van der Waals surface area (Å²) in [5, 5.41) is 0. The van der Waals surface area contributed by atoms with Crippen LogP contribution >= 0.6 is 0 Å². The highest BCUT2D eigenvalue weighted by molar-refractivity contribution is 5.95. The lowest BCUT2D eigenvalue weighted by Crippen LogP contribution is -2.42. The third-order valence-electron chi connectivity index (χ3n) is 3.10. The largest absolute Gasteiger partial charge is 0.469 e. The molecule has 0 saturated carbocycles. The summed E-state index contributed by atoms with van der Waals surface area (Å²) in [6.45, 7) is 7.07. The van der Waals surface area contributed by atoms with E-state index in [0.29, 0.717) is 24.4 Å². The molecular formula is C13H22N2O2. The van der Waals surface area contributed by atoms with Gasteiger partial charge in [0, 0.05) is 19.1 Å². The van der Waals surface area contributed by atoms with Crippen molar-refractivity contribution in [1.82, 2.24) is 4.90 Å². The van der Waals surface area contributed by atoms with Crippen LogP contribution in [0.3, 0.4) is 0 Å². The fourth-order valence-electron chi connectivity index (χ4n) is 2.08. The Morgan fingerprint density at radius 2 is 2.12 bits per heavy atom. The van der Waals surface area contributed by atoms with Crippen molar-refractivity contribution in [3.05, 3.63) is 23.7 Å². The first-order chi connectivity index (χ1) is 8.15. The van der Waals surface area contributed by atoms with Gasteiger partial charge in [0.2, 0.25) is 0 Å². The van der Waals surface area contributed by atoms with Gasteiger partial charge in [0.05, 0.1) is 11.8 Å². The Hall–Kier alpha value is -1.29. The van der Waals surface area contributed by atoms with Crippen LogP contribution in [0.2, 0.25) is 0 Å². The standard InChI is InChI=1S/C13H22N2O2/c1-4-11(5-2)15(8-7-14)13(16)12-6-9-17-10(12)3/h6,9,11H,4-5,7-8,14H2,1-3H3. The number of aryl methyl sites for hydroxylation is 1. The highest BCUT2D eigenvalue weighted by Gasteiger charge is 2.23. The highest BCUT2D eigenvalue weighted by Crippen LogP contribution is 2.16. The van der Waals surface area contributed by atoms with Gasteiger partial charge in [-0.15, -0.1) is 0 Å². The molecule has 0 bridgehead atoms. The van der Waals surface area contributed by atoms with Crippen LogP contribution in [0.1, 0.15) is 42.8 Å². The van der Waals surface area contributed by atoms with Crippen LogP contribution < -0.4 is 5.73 Å². The van der Waals surface area contributed by atoms with E-state index in [9.17, 15) is 4.79 Å². The molecule has 17 heavy (non-hydrogen) atoms. The molecule has 96 valence electrons.